The minimum Gasteiger partial charge on any atom is -0.483 e. The SMILES string of the molecule is Cn1ccc2ccc(-c3cc(NC(c4cccnc4)C4CCN(S(C)(=O)=O)CC4)cc4nccnc34)cc21.O=CO. The Labute approximate surface area is 238 Å². The molecular weight excluding hydrogens is 540 g/mol. The van der Waals surface area contributed by atoms with Gasteiger partial charge in [-0.1, -0.05) is 18.2 Å². The number of aromatic nitrogens is 4. The minimum atomic E-state index is -3.19. The summed E-state index contributed by atoms with van der Waals surface area (Å²) in [4.78, 5) is 22.0. The summed E-state index contributed by atoms with van der Waals surface area (Å²) in [6, 6.07) is 16.8. The Bertz CT molecular complexity index is 1770. The van der Waals surface area contributed by atoms with E-state index in [1.165, 1.54) is 11.6 Å². The number of pyridine rings is 1. The predicted octanol–water partition coefficient (Wildman–Crippen LogP) is 4.71. The maximum Gasteiger partial charge on any atom is 0.290 e. The van der Waals surface area contributed by atoms with Gasteiger partial charge >= 0.3 is 0 Å². The molecule has 1 unspecified atom stereocenters. The van der Waals surface area contributed by atoms with Crippen LogP contribution >= 0.6 is 0 Å². The van der Waals surface area contributed by atoms with Crippen molar-refractivity contribution >= 4 is 44.1 Å². The number of piperidine rings is 1. The molecule has 5 aromatic rings. The topological polar surface area (TPSA) is 130 Å². The van der Waals surface area contributed by atoms with Crippen molar-refractivity contribution in [3.63, 3.8) is 0 Å². The monoisotopic (exact) mass is 572 g/mol. The number of sulfonamides is 1. The number of fused-ring (bicyclic) bond motifs is 2. The summed E-state index contributed by atoms with van der Waals surface area (Å²) < 4.78 is 27.9. The first-order valence-electron chi connectivity index (χ1n) is 13.3. The number of hydrogen-bond acceptors (Lipinski definition) is 7. The normalized spacial score (nSPS) is 15.3. The van der Waals surface area contributed by atoms with Gasteiger partial charge in [-0.25, -0.2) is 12.7 Å². The van der Waals surface area contributed by atoms with Gasteiger partial charge in [-0.15, -0.1) is 0 Å². The molecule has 1 saturated heterocycles. The lowest BCUT2D eigenvalue weighted by Gasteiger charge is -2.36. The highest BCUT2D eigenvalue weighted by molar-refractivity contribution is 7.88. The van der Waals surface area contributed by atoms with Crippen molar-refractivity contribution in [3.8, 4) is 11.1 Å². The van der Waals surface area contributed by atoms with Crippen LogP contribution in [0.1, 0.15) is 24.4 Å². The van der Waals surface area contributed by atoms with Crippen LogP contribution in [0.3, 0.4) is 0 Å². The maximum absolute atomic E-state index is 12.1. The van der Waals surface area contributed by atoms with Crippen LogP contribution in [0, 0.1) is 5.92 Å². The first-order valence-corrected chi connectivity index (χ1v) is 15.1. The molecule has 1 aliphatic heterocycles. The molecule has 0 aliphatic carbocycles. The van der Waals surface area contributed by atoms with Gasteiger partial charge in [0, 0.05) is 67.9 Å². The molecule has 1 aliphatic rings. The molecule has 41 heavy (non-hydrogen) atoms. The Kier molecular flexibility index (Phi) is 8.27. The van der Waals surface area contributed by atoms with Gasteiger partial charge in [-0.05, 0) is 65.6 Å². The quantitative estimate of drug-likeness (QED) is 0.280. The van der Waals surface area contributed by atoms with E-state index in [4.69, 9.17) is 9.90 Å². The van der Waals surface area contributed by atoms with Crippen molar-refractivity contribution in [2.45, 2.75) is 18.9 Å². The predicted molar refractivity (Wildman–Crippen MR) is 160 cm³/mol. The van der Waals surface area contributed by atoms with Gasteiger partial charge in [0.1, 0.15) is 0 Å². The third kappa shape index (κ3) is 6.21. The van der Waals surface area contributed by atoms with Gasteiger partial charge in [0.15, 0.2) is 0 Å². The van der Waals surface area contributed by atoms with Gasteiger partial charge in [0.05, 0.1) is 23.3 Å². The van der Waals surface area contributed by atoms with Crippen molar-refractivity contribution in [1.82, 2.24) is 23.8 Å². The number of hydrogen-bond donors (Lipinski definition) is 2. The standard InChI is InChI=1S/C29H30N6O2S.CH2O2/c1-34-13-7-20-5-6-22(16-27(20)34)25-17-24(18-26-29(25)32-12-11-31-26)33-28(23-4-3-10-30-19-23)21-8-14-35(15-9-21)38(2,36)37;2-1-3/h3-7,10-13,16-19,21,28,33H,8-9,14-15H2,1-2H3;1H,(H,2,3). The fourth-order valence-corrected chi connectivity index (χ4v) is 6.44. The fourth-order valence-electron chi connectivity index (χ4n) is 5.56. The van der Waals surface area contributed by atoms with E-state index >= 15 is 0 Å². The largest absolute Gasteiger partial charge is 0.483 e. The average molecular weight is 573 g/mol. The van der Waals surface area contributed by atoms with Crippen molar-refractivity contribution in [2.24, 2.45) is 13.0 Å². The lowest BCUT2D eigenvalue weighted by atomic mass is 9.86. The molecule has 3 aromatic heterocycles. The third-order valence-electron chi connectivity index (χ3n) is 7.58. The van der Waals surface area contributed by atoms with Gasteiger partial charge in [-0.3, -0.25) is 19.7 Å². The molecule has 0 bridgehead atoms. The second-order valence-corrected chi connectivity index (χ2v) is 12.1. The van der Waals surface area contributed by atoms with E-state index in [0.29, 0.717) is 13.1 Å². The molecule has 1 fully saturated rings. The molecule has 0 radical (unpaired) electrons. The summed E-state index contributed by atoms with van der Waals surface area (Å²) >= 11 is 0. The second-order valence-electron chi connectivity index (χ2n) is 10.2. The van der Waals surface area contributed by atoms with Crippen LogP contribution in [-0.2, 0) is 21.9 Å². The Morgan fingerprint density at radius 1 is 1.05 bits per heavy atom. The molecule has 212 valence electrons. The van der Waals surface area contributed by atoms with E-state index in [0.717, 1.165) is 51.8 Å². The zero-order valence-electron chi connectivity index (χ0n) is 22.9. The van der Waals surface area contributed by atoms with Gasteiger partial charge in [-0.2, -0.15) is 0 Å². The molecule has 2 N–H and O–H groups in total. The number of aryl methyl sites for hydroxylation is 1. The highest BCUT2D eigenvalue weighted by Gasteiger charge is 2.31. The zero-order valence-corrected chi connectivity index (χ0v) is 23.7. The number of nitrogens with zero attached hydrogens (tertiary/aromatic N) is 5. The summed E-state index contributed by atoms with van der Waals surface area (Å²) in [6.07, 6.45) is 12.0. The fraction of sp³-hybridized carbons (Fsp3) is 0.267. The average Bonchev–Trinajstić information content (AvgIpc) is 3.35. The molecular formula is C30H32N6O4S. The molecule has 0 spiro atoms. The van der Waals surface area contributed by atoms with Crippen LogP contribution in [0.5, 0.6) is 0 Å². The van der Waals surface area contributed by atoms with Crippen LogP contribution in [0.15, 0.2) is 79.5 Å². The molecule has 1 atom stereocenters. The van der Waals surface area contributed by atoms with Crippen molar-refractivity contribution in [2.75, 3.05) is 24.7 Å². The molecule has 0 saturated carbocycles. The van der Waals surface area contributed by atoms with Crippen molar-refractivity contribution in [3.05, 3.63) is 85.1 Å². The summed E-state index contributed by atoms with van der Waals surface area (Å²) in [5.41, 5.74) is 6.94. The van der Waals surface area contributed by atoms with E-state index in [1.54, 1.807) is 22.9 Å². The number of nitrogens with one attached hydrogen (secondary N) is 1. The summed E-state index contributed by atoms with van der Waals surface area (Å²) in [6.45, 7) is 0.792. The summed E-state index contributed by atoms with van der Waals surface area (Å²) in [5.74, 6) is 0.248. The van der Waals surface area contributed by atoms with Crippen molar-refractivity contribution < 1.29 is 18.3 Å². The Balaban J connectivity index is 0.00000108. The first-order chi connectivity index (χ1) is 19.8. The number of benzene rings is 2. The van der Waals surface area contributed by atoms with Crippen LogP contribution in [0.2, 0.25) is 0 Å². The van der Waals surface area contributed by atoms with E-state index < -0.39 is 10.0 Å². The highest BCUT2D eigenvalue weighted by atomic mass is 32.2. The lowest BCUT2D eigenvalue weighted by molar-refractivity contribution is -0.122. The van der Waals surface area contributed by atoms with Crippen molar-refractivity contribution in [1.29, 1.82) is 0 Å². The molecule has 4 heterocycles. The first kappa shape index (κ1) is 28.2. The number of rotatable bonds is 6. The van der Waals surface area contributed by atoms with E-state index in [2.05, 4.69) is 74.5 Å². The summed E-state index contributed by atoms with van der Waals surface area (Å²) in [5, 5.41) is 11.9. The third-order valence-corrected chi connectivity index (χ3v) is 8.88. The molecule has 0 amide bonds. The van der Waals surface area contributed by atoms with E-state index in [-0.39, 0.29) is 18.4 Å². The molecule has 2 aromatic carbocycles. The zero-order chi connectivity index (χ0) is 29.0. The minimum absolute atomic E-state index is 0.0252. The van der Waals surface area contributed by atoms with Crippen LogP contribution in [-0.4, -0.2) is 63.2 Å². The molecule has 6 rings (SSSR count). The van der Waals surface area contributed by atoms with Gasteiger partial charge in [0.25, 0.3) is 6.47 Å². The Morgan fingerprint density at radius 2 is 1.80 bits per heavy atom. The molecule has 10 nitrogen and oxygen atoms in total. The van der Waals surface area contributed by atoms with Crippen LogP contribution < -0.4 is 5.32 Å². The van der Waals surface area contributed by atoms with E-state index in [9.17, 15) is 8.42 Å². The highest BCUT2D eigenvalue weighted by Crippen LogP contribution is 2.37. The van der Waals surface area contributed by atoms with Gasteiger partial charge < -0.3 is 15.0 Å². The molecule has 11 heteroatoms. The van der Waals surface area contributed by atoms with Gasteiger partial charge in [0.2, 0.25) is 10.0 Å². The van der Waals surface area contributed by atoms with Crippen LogP contribution in [0.25, 0.3) is 33.1 Å². The van der Waals surface area contributed by atoms with E-state index in [1.807, 2.05) is 18.3 Å². The smallest absolute Gasteiger partial charge is 0.290 e. The lowest BCUT2D eigenvalue weighted by Crippen LogP contribution is -2.40. The second kappa shape index (κ2) is 12.0. The summed E-state index contributed by atoms with van der Waals surface area (Å²) in [7, 11) is -1.14. The number of carbonyl (C=O) groups is 1. The number of anilines is 1. The van der Waals surface area contributed by atoms with Crippen LogP contribution in [0.4, 0.5) is 5.69 Å². The maximum atomic E-state index is 12.1. The Morgan fingerprint density at radius 3 is 2.51 bits per heavy atom. The Hall–Kier alpha value is -4.35. The number of carboxylic acid groups (broad SMARTS) is 1.